The van der Waals surface area contributed by atoms with E-state index >= 15 is 0 Å². The van der Waals surface area contributed by atoms with E-state index in [-0.39, 0.29) is 12.1 Å². The molecule has 0 aliphatic carbocycles. The average molecular weight is 326 g/mol. The minimum atomic E-state index is -0.0500. The van der Waals surface area contributed by atoms with Gasteiger partial charge in [-0.3, -0.25) is 0 Å². The first-order chi connectivity index (χ1) is 11.7. The molecule has 1 aliphatic rings. The molecule has 24 heavy (non-hydrogen) atoms. The predicted molar refractivity (Wildman–Crippen MR) is 90.7 cm³/mol. The van der Waals surface area contributed by atoms with Gasteiger partial charge in [-0.15, -0.1) is 0 Å². The fraction of sp³-hybridized carbons (Fsp3) is 0.389. The Morgan fingerprint density at radius 1 is 1.33 bits per heavy atom. The molecular formula is C18H22N4O2. The van der Waals surface area contributed by atoms with E-state index in [4.69, 9.17) is 4.74 Å². The van der Waals surface area contributed by atoms with Crippen LogP contribution in [0.3, 0.4) is 0 Å². The molecule has 0 spiro atoms. The van der Waals surface area contributed by atoms with Crippen molar-refractivity contribution in [2.75, 3.05) is 13.1 Å². The van der Waals surface area contributed by atoms with E-state index in [1.54, 1.807) is 12.3 Å². The highest BCUT2D eigenvalue weighted by atomic mass is 16.5. The fourth-order valence-corrected chi connectivity index (χ4v) is 2.78. The van der Waals surface area contributed by atoms with Crippen LogP contribution in [0.15, 0.2) is 42.6 Å². The number of nitrogens with zero attached hydrogens (tertiary/aromatic N) is 3. The van der Waals surface area contributed by atoms with Crippen LogP contribution in [-0.2, 0) is 6.54 Å². The molecule has 0 unspecified atom stereocenters. The molecule has 2 amide bonds. The van der Waals surface area contributed by atoms with Crippen molar-refractivity contribution in [3.8, 4) is 5.88 Å². The highest BCUT2D eigenvalue weighted by molar-refractivity contribution is 5.74. The third-order valence-corrected chi connectivity index (χ3v) is 3.99. The van der Waals surface area contributed by atoms with Gasteiger partial charge < -0.3 is 15.0 Å². The van der Waals surface area contributed by atoms with Gasteiger partial charge in [0.2, 0.25) is 5.88 Å². The van der Waals surface area contributed by atoms with Crippen LogP contribution in [0.1, 0.15) is 24.2 Å². The zero-order chi connectivity index (χ0) is 16.8. The van der Waals surface area contributed by atoms with E-state index in [0.717, 1.165) is 24.9 Å². The number of aromatic nitrogens is 2. The Balaban J connectivity index is 1.52. The summed E-state index contributed by atoms with van der Waals surface area (Å²) < 4.78 is 5.91. The Kier molecular flexibility index (Phi) is 5.25. The molecule has 2 heterocycles. The van der Waals surface area contributed by atoms with Gasteiger partial charge in [0.25, 0.3) is 0 Å². The Morgan fingerprint density at radius 3 is 2.96 bits per heavy atom. The van der Waals surface area contributed by atoms with E-state index < -0.39 is 0 Å². The minimum Gasteiger partial charge on any atom is -0.472 e. The lowest BCUT2D eigenvalue weighted by Crippen LogP contribution is -2.48. The van der Waals surface area contributed by atoms with Crippen LogP contribution in [0.4, 0.5) is 4.79 Å². The van der Waals surface area contributed by atoms with Crippen molar-refractivity contribution in [2.24, 2.45) is 0 Å². The molecule has 126 valence electrons. The lowest BCUT2D eigenvalue weighted by molar-refractivity contribution is 0.0974. The molecule has 0 bridgehead atoms. The number of aryl methyl sites for hydroxylation is 1. The van der Waals surface area contributed by atoms with E-state index in [2.05, 4.69) is 15.3 Å². The van der Waals surface area contributed by atoms with Crippen LogP contribution in [0.2, 0.25) is 0 Å². The minimum absolute atomic E-state index is 0.0319. The first-order valence-corrected chi connectivity index (χ1v) is 8.24. The van der Waals surface area contributed by atoms with Crippen LogP contribution < -0.4 is 10.1 Å². The molecule has 1 N–H and O–H groups in total. The second kappa shape index (κ2) is 7.77. The summed E-state index contributed by atoms with van der Waals surface area (Å²) in [6, 6.07) is 11.6. The topological polar surface area (TPSA) is 67.3 Å². The molecule has 1 aromatic heterocycles. The quantitative estimate of drug-likeness (QED) is 0.937. The summed E-state index contributed by atoms with van der Waals surface area (Å²) in [6.07, 6.45) is 3.50. The van der Waals surface area contributed by atoms with E-state index in [9.17, 15) is 4.79 Å². The van der Waals surface area contributed by atoms with Gasteiger partial charge in [0.15, 0.2) is 0 Å². The van der Waals surface area contributed by atoms with Gasteiger partial charge >= 0.3 is 6.03 Å². The van der Waals surface area contributed by atoms with E-state index in [1.807, 2.05) is 42.2 Å². The summed E-state index contributed by atoms with van der Waals surface area (Å²) in [7, 11) is 0. The molecule has 1 saturated heterocycles. The van der Waals surface area contributed by atoms with Crippen molar-refractivity contribution >= 4 is 6.03 Å². The van der Waals surface area contributed by atoms with Gasteiger partial charge in [-0.1, -0.05) is 30.3 Å². The third kappa shape index (κ3) is 4.44. The number of ether oxygens (including phenoxy) is 1. The Labute approximate surface area is 141 Å². The Bertz CT molecular complexity index is 678. The number of urea groups is 1. The molecule has 6 nitrogen and oxygen atoms in total. The Morgan fingerprint density at radius 2 is 2.17 bits per heavy atom. The third-order valence-electron chi connectivity index (χ3n) is 3.99. The molecule has 1 aliphatic heterocycles. The number of amides is 2. The number of piperidine rings is 1. The number of hydrogen-bond acceptors (Lipinski definition) is 4. The van der Waals surface area contributed by atoms with Crippen LogP contribution in [0, 0.1) is 6.92 Å². The van der Waals surface area contributed by atoms with Gasteiger partial charge in [0, 0.05) is 25.4 Å². The molecule has 1 fully saturated rings. The maximum atomic E-state index is 12.4. The Hall–Kier alpha value is -2.63. The summed E-state index contributed by atoms with van der Waals surface area (Å²) in [5, 5.41) is 2.97. The van der Waals surface area contributed by atoms with Crippen molar-refractivity contribution < 1.29 is 9.53 Å². The molecule has 2 aromatic rings. The SMILES string of the molecule is Cc1nccc(O[C@@H]2CCCN(C(=O)NCc3ccccc3)C2)n1. The van der Waals surface area contributed by atoms with Crippen LogP contribution in [0.25, 0.3) is 0 Å². The van der Waals surface area contributed by atoms with Gasteiger partial charge in [0.1, 0.15) is 11.9 Å². The monoisotopic (exact) mass is 326 g/mol. The lowest BCUT2D eigenvalue weighted by atomic mass is 10.1. The van der Waals surface area contributed by atoms with Crippen LogP contribution in [-0.4, -0.2) is 40.1 Å². The van der Waals surface area contributed by atoms with Crippen molar-refractivity contribution in [3.63, 3.8) is 0 Å². The number of nitrogens with one attached hydrogen (secondary N) is 1. The summed E-state index contributed by atoms with van der Waals surface area (Å²) in [5.74, 6) is 1.25. The number of benzene rings is 1. The van der Waals surface area contributed by atoms with Gasteiger partial charge in [-0.25, -0.2) is 9.78 Å². The highest BCUT2D eigenvalue weighted by Crippen LogP contribution is 2.16. The fourth-order valence-electron chi connectivity index (χ4n) is 2.78. The number of hydrogen-bond donors (Lipinski definition) is 1. The number of likely N-dealkylation sites (tertiary alicyclic amines) is 1. The molecule has 1 atom stereocenters. The largest absolute Gasteiger partial charge is 0.472 e. The van der Waals surface area contributed by atoms with Crippen molar-refractivity contribution in [1.29, 1.82) is 0 Å². The summed E-state index contributed by atoms with van der Waals surface area (Å²) in [6.45, 7) is 3.69. The molecule has 0 saturated carbocycles. The number of rotatable bonds is 4. The van der Waals surface area contributed by atoms with Crippen molar-refractivity contribution in [1.82, 2.24) is 20.2 Å². The summed E-state index contributed by atoms with van der Waals surface area (Å²) >= 11 is 0. The van der Waals surface area contributed by atoms with Crippen molar-refractivity contribution in [2.45, 2.75) is 32.4 Å². The second-order valence-electron chi connectivity index (χ2n) is 5.91. The normalized spacial score (nSPS) is 17.4. The lowest BCUT2D eigenvalue weighted by Gasteiger charge is -2.32. The van der Waals surface area contributed by atoms with Crippen molar-refractivity contribution in [3.05, 3.63) is 54.0 Å². The van der Waals surface area contributed by atoms with Gasteiger partial charge in [-0.05, 0) is 25.3 Å². The molecule has 0 radical (unpaired) electrons. The maximum Gasteiger partial charge on any atom is 0.317 e. The summed E-state index contributed by atoms with van der Waals surface area (Å²) in [5.41, 5.74) is 1.09. The van der Waals surface area contributed by atoms with Gasteiger partial charge in [0.05, 0.1) is 6.54 Å². The highest BCUT2D eigenvalue weighted by Gasteiger charge is 2.25. The smallest absolute Gasteiger partial charge is 0.317 e. The van der Waals surface area contributed by atoms with E-state index in [0.29, 0.717) is 24.8 Å². The second-order valence-corrected chi connectivity index (χ2v) is 5.91. The van der Waals surface area contributed by atoms with Crippen LogP contribution in [0.5, 0.6) is 5.88 Å². The zero-order valence-electron chi connectivity index (χ0n) is 13.8. The number of carbonyl (C=O) groups excluding carboxylic acids is 1. The van der Waals surface area contributed by atoms with E-state index in [1.165, 1.54) is 0 Å². The standard InChI is InChI=1S/C18H22N4O2/c1-14-19-10-9-17(21-14)24-16-8-5-11-22(13-16)18(23)20-12-15-6-3-2-4-7-15/h2-4,6-7,9-10,16H,5,8,11-13H2,1H3,(H,20,23)/t16-/m1/s1. The zero-order valence-corrected chi connectivity index (χ0v) is 13.8. The average Bonchev–Trinajstić information content (AvgIpc) is 2.61. The first kappa shape index (κ1) is 16.2. The molecule has 3 rings (SSSR count). The number of carbonyl (C=O) groups is 1. The molecule has 6 heteroatoms. The predicted octanol–water partition coefficient (Wildman–Crippen LogP) is 2.54. The maximum absolute atomic E-state index is 12.4. The summed E-state index contributed by atoms with van der Waals surface area (Å²) in [4.78, 5) is 22.5. The van der Waals surface area contributed by atoms with Gasteiger partial charge in [-0.2, -0.15) is 4.98 Å². The molecule has 1 aromatic carbocycles. The first-order valence-electron chi connectivity index (χ1n) is 8.24. The molecular weight excluding hydrogens is 304 g/mol. The van der Waals surface area contributed by atoms with Crippen LogP contribution >= 0.6 is 0 Å².